The zero-order valence-electron chi connectivity index (χ0n) is 50.0. The second kappa shape index (κ2) is 62.2. The molecular weight excluding hydrogens is 966 g/mol. The first-order valence-corrected chi connectivity index (χ1v) is 34.1. The highest BCUT2D eigenvalue weighted by atomic mass is 31.2. The fraction of sp³-hybridized carbons (Fsp3) is 0.848. The summed E-state index contributed by atoms with van der Waals surface area (Å²) in [5.74, 6) is -0.832. The van der Waals surface area contributed by atoms with E-state index in [4.69, 9.17) is 24.3 Å². The lowest BCUT2D eigenvalue weighted by atomic mass is 10.0. The van der Waals surface area contributed by atoms with Crippen molar-refractivity contribution in [2.75, 3.05) is 26.4 Å². The van der Waals surface area contributed by atoms with Crippen molar-refractivity contribution in [2.24, 2.45) is 5.73 Å². The summed E-state index contributed by atoms with van der Waals surface area (Å²) in [6.45, 7) is 3.71. The number of rotatable bonds is 62. The van der Waals surface area contributed by atoms with E-state index in [1.54, 1.807) is 0 Å². The number of hydrogen-bond acceptors (Lipinski definition) is 8. The Morgan fingerprint density at radius 3 is 1.04 bits per heavy atom. The summed E-state index contributed by atoms with van der Waals surface area (Å²) in [6.07, 6.45) is 78.0. The van der Waals surface area contributed by atoms with Gasteiger partial charge in [0.15, 0.2) is 6.10 Å². The van der Waals surface area contributed by atoms with Crippen LogP contribution in [-0.2, 0) is 32.7 Å². The Bertz CT molecular complexity index is 1380. The van der Waals surface area contributed by atoms with Gasteiger partial charge >= 0.3 is 19.8 Å². The van der Waals surface area contributed by atoms with Gasteiger partial charge in [0, 0.05) is 19.4 Å². The van der Waals surface area contributed by atoms with E-state index in [9.17, 15) is 19.0 Å². The maximum absolute atomic E-state index is 12.7. The second-order valence-corrected chi connectivity index (χ2v) is 23.4. The summed E-state index contributed by atoms with van der Waals surface area (Å²) in [7, 11) is -4.39. The van der Waals surface area contributed by atoms with Gasteiger partial charge in [-0.15, -0.1) is 0 Å². The molecule has 0 saturated carbocycles. The number of ether oxygens (including phenoxy) is 2. The highest BCUT2D eigenvalue weighted by Crippen LogP contribution is 2.43. The first-order chi connectivity index (χ1) is 37.3. The van der Waals surface area contributed by atoms with Crippen LogP contribution >= 0.6 is 7.82 Å². The molecule has 446 valence electrons. The Balaban J connectivity index is 3.71. The molecule has 0 amide bonds. The number of carbonyl (C=O) groups excluding carboxylic acids is 2. The second-order valence-electron chi connectivity index (χ2n) is 22.0. The first-order valence-electron chi connectivity index (χ1n) is 32.6. The minimum atomic E-state index is -4.39. The van der Waals surface area contributed by atoms with E-state index in [0.717, 1.165) is 70.6 Å². The van der Waals surface area contributed by atoms with Crippen molar-refractivity contribution in [3.8, 4) is 0 Å². The minimum absolute atomic E-state index is 0.0524. The summed E-state index contributed by atoms with van der Waals surface area (Å²) in [5, 5.41) is 0. The van der Waals surface area contributed by atoms with Gasteiger partial charge in [0.2, 0.25) is 0 Å². The van der Waals surface area contributed by atoms with E-state index in [1.165, 1.54) is 225 Å². The van der Waals surface area contributed by atoms with E-state index in [2.05, 4.69) is 62.5 Å². The molecule has 2 atom stereocenters. The molecule has 0 aromatic heterocycles. The van der Waals surface area contributed by atoms with Crippen LogP contribution in [0, 0.1) is 0 Å². The predicted molar refractivity (Wildman–Crippen MR) is 326 cm³/mol. The molecule has 3 N–H and O–H groups in total. The molecule has 0 radical (unpaired) electrons. The lowest BCUT2D eigenvalue weighted by molar-refractivity contribution is -0.161. The van der Waals surface area contributed by atoms with Gasteiger partial charge in [-0.1, -0.05) is 294 Å². The van der Waals surface area contributed by atoms with E-state index >= 15 is 0 Å². The normalized spacial score (nSPS) is 13.3. The molecule has 0 aromatic rings. The van der Waals surface area contributed by atoms with Crippen LogP contribution in [0.2, 0.25) is 0 Å². The fourth-order valence-corrected chi connectivity index (χ4v) is 10.3. The molecule has 0 saturated heterocycles. The van der Waals surface area contributed by atoms with Crippen molar-refractivity contribution >= 4 is 19.8 Å². The molecule has 76 heavy (non-hydrogen) atoms. The molecule has 0 aliphatic heterocycles. The van der Waals surface area contributed by atoms with Crippen molar-refractivity contribution in [1.82, 2.24) is 0 Å². The van der Waals surface area contributed by atoms with Gasteiger partial charge in [-0.25, -0.2) is 4.57 Å². The predicted octanol–water partition coefficient (Wildman–Crippen LogP) is 20.9. The zero-order chi connectivity index (χ0) is 55.2. The number of hydrogen-bond donors (Lipinski definition) is 2. The SMILES string of the molecule is CCCC/C=C\C/C=C\CCCCCCCC(=O)OCC(COP(=O)(O)OCCN)OC(=O)CCCCCCCCCCCCCCCCCCCCCCCCCCCCCCC/C=C\C/C=C\CCCCCCC. The molecule has 0 aromatic carbocycles. The summed E-state index contributed by atoms with van der Waals surface area (Å²) >= 11 is 0. The number of esters is 2. The van der Waals surface area contributed by atoms with Gasteiger partial charge in [0.05, 0.1) is 13.2 Å². The van der Waals surface area contributed by atoms with Gasteiger partial charge < -0.3 is 20.1 Å². The molecule has 9 nitrogen and oxygen atoms in total. The molecule has 0 spiro atoms. The van der Waals surface area contributed by atoms with Gasteiger partial charge in [-0.05, 0) is 70.6 Å². The number of nitrogens with two attached hydrogens (primary N) is 1. The molecule has 2 unspecified atom stereocenters. The highest BCUT2D eigenvalue weighted by Gasteiger charge is 2.26. The van der Waals surface area contributed by atoms with Crippen molar-refractivity contribution in [1.29, 1.82) is 0 Å². The summed E-state index contributed by atoms with van der Waals surface area (Å²) in [6, 6.07) is 0. The van der Waals surface area contributed by atoms with Crippen molar-refractivity contribution in [3.63, 3.8) is 0 Å². The van der Waals surface area contributed by atoms with Crippen molar-refractivity contribution in [2.45, 2.75) is 335 Å². The van der Waals surface area contributed by atoms with Gasteiger partial charge in [-0.2, -0.15) is 0 Å². The molecule has 0 bridgehead atoms. The first kappa shape index (κ1) is 74.0. The topological polar surface area (TPSA) is 134 Å². The Kier molecular flexibility index (Phi) is 60.5. The van der Waals surface area contributed by atoms with Crippen LogP contribution in [-0.4, -0.2) is 49.3 Å². The van der Waals surface area contributed by atoms with Crippen LogP contribution < -0.4 is 5.73 Å². The molecule has 0 fully saturated rings. The summed E-state index contributed by atoms with van der Waals surface area (Å²) < 4.78 is 33.0. The third-order valence-corrected chi connectivity index (χ3v) is 15.4. The van der Waals surface area contributed by atoms with E-state index in [0.29, 0.717) is 6.42 Å². The minimum Gasteiger partial charge on any atom is -0.462 e. The van der Waals surface area contributed by atoms with Crippen LogP contribution in [0.15, 0.2) is 48.6 Å². The third-order valence-electron chi connectivity index (χ3n) is 14.4. The average molecular weight is 1090 g/mol. The Hall–Kier alpha value is -2.03. The van der Waals surface area contributed by atoms with Crippen LogP contribution in [0.25, 0.3) is 0 Å². The molecule has 0 aliphatic rings. The summed E-state index contributed by atoms with van der Waals surface area (Å²) in [4.78, 5) is 35.1. The largest absolute Gasteiger partial charge is 0.472 e. The third kappa shape index (κ3) is 61.2. The van der Waals surface area contributed by atoms with Crippen molar-refractivity contribution < 1.29 is 37.6 Å². The van der Waals surface area contributed by atoms with Gasteiger partial charge in [-0.3, -0.25) is 18.6 Å². The summed E-state index contributed by atoms with van der Waals surface area (Å²) in [5.41, 5.74) is 5.38. The quantitative estimate of drug-likeness (QED) is 0.0264. The molecular formula is C66H124NO8P. The fourth-order valence-electron chi connectivity index (χ4n) is 9.57. The number of carbonyl (C=O) groups is 2. The van der Waals surface area contributed by atoms with Gasteiger partial charge in [0.1, 0.15) is 6.61 Å². The van der Waals surface area contributed by atoms with Crippen molar-refractivity contribution in [3.05, 3.63) is 48.6 Å². The number of phosphoric ester groups is 1. The highest BCUT2D eigenvalue weighted by molar-refractivity contribution is 7.47. The standard InChI is InChI=1S/C66H124NO8P/c1-3-5-7-9-11-13-15-17-19-20-21-22-23-24-25-26-27-28-29-30-31-32-33-34-35-36-37-38-39-40-41-42-43-44-45-47-49-51-53-55-57-59-66(69)75-64(63-74-76(70,71)73-61-60-67)62-72-65(68)58-56-54-52-50-48-46-18-16-14-12-10-8-6-4-2/h10,12,15-18,20-21,64H,3-9,11,13-14,19,22-63,67H2,1-2H3,(H,70,71)/b12-10-,17-15-,18-16-,21-20-. The van der Waals surface area contributed by atoms with E-state index < -0.39 is 32.5 Å². The Morgan fingerprint density at radius 1 is 0.395 bits per heavy atom. The van der Waals surface area contributed by atoms with E-state index in [-0.39, 0.29) is 32.6 Å². The number of allylic oxidation sites excluding steroid dienone is 8. The molecule has 0 aliphatic carbocycles. The Morgan fingerprint density at radius 2 is 0.697 bits per heavy atom. The van der Waals surface area contributed by atoms with Crippen LogP contribution in [0.4, 0.5) is 0 Å². The average Bonchev–Trinajstić information content (AvgIpc) is 3.41. The maximum Gasteiger partial charge on any atom is 0.472 e. The Labute approximate surface area is 470 Å². The molecule has 10 heteroatoms. The molecule has 0 rings (SSSR count). The molecule has 0 heterocycles. The lowest BCUT2D eigenvalue weighted by Gasteiger charge is -2.19. The van der Waals surface area contributed by atoms with Crippen LogP contribution in [0.3, 0.4) is 0 Å². The van der Waals surface area contributed by atoms with Gasteiger partial charge in [0.25, 0.3) is 0 Å². The smallest absolute Gasteiger partial charge is 0.462 e. The van der Waals surface area contributed by atoms with E-state index in [1.807, 2.05) is 0 Å². The maximum atomic E-state index is 12.7. The lowest BCUT2D eigenvalue weighted by Crippen LogP contribution is -2.29. The number of unbranched alkanes of at least 4 members (excludes halogenated alkanes) is 41. The number of phosphoric acid groups is 1. The van der Waals surface area contributed by atoms with Crippen LogP contribution in [0.1, 0.15) is 328 Å². The van der Waals surface area contributed by atoms with Crippen LogP contribution in [0.5, 0.6) is 0 Å². The monoisotopic (exact) mass is 1090 g/mol. The zero-order valence-corrected chi connectivity index (χ0v) is 50.9.